The minimum atomic E-state index is -1.12. The lowest BCUT2D eigenvalue weighted by molar-refractivity contribution is -0.0250. The van der Waals surface area contributed by atoms with Crippen LogP contribution in [0.15, 0.2) is 30.3 Å². The predicted molar refractivity (Wildman–Crippen MR) is 85.8 cm³/mol. The Morgan fingerprint density at radius 2 is 2.12 bits per heavy atom. The van der Waals surface area contributed by atoms with Crippen LogP contribution in [-0.2, 0) is 0 Å². The summed E-state index contributed by atoms with van der Waals surface area (Å²) in [7, 11) is 0. The van der Waals surface area contributed by atoms with Crippen molar-refractivity contribution in [3.8, 4) is 11.3 Å². The Balaban J connectivity index is 1.76. The maximum Gasteiger partial charge on any atom is 0.271 e. The molecule has 1 atom stereocenters. The number of H-pyrrole nitrogens is 1. The van der Waals surface area contributed by atoms with E-state index in [2.05, 4.69) is 10.2 Å². The number of halogens is 1. The molecule has 2 heterocycles. The second kappa shape index (κ2) is 6.70. The number of nitrogens with zero attached hydrogens (tertiary/aromatic N) is 2. The van der Waals surface area contributed by atoms with Gasteiger partial charge in [0.15, 0.2) is 0 Å². The van der Waals surface area contributed by atoms with Gasteiger partial charge in [-0.05, 0) is 37.5 Å². The van der Waals surface area contributed by atoms with E-state index in [1.165, 1.54) is 12.1 Å². The predicted octanol–water partition coefficient (Wildman–Crippen LogP) is 1.57. The van der Waals surface area contributed by atoms with Crippen molar-refractivity contribution < 1.29 is 19.4 Å². The first-order valence-corrected chi connectivity index (χ1v) is 7.95. The van der Waals surface area contributed by atoms with Crippen LogP contribution in [0.2, 0.25) is 0 Å². The van der Waals surface area contributed by atoms with E-state index < -0.39 is 11.4 Å². The zero-order valence-corrected chi connectivity index (χ0v) is 13.2. The van der Waals surface area contributed by atoms with E-state index in [1.54, 1.807) is 23.1 Å². The van der Waals surface area contributed by atoms with Gasteiger partial charge in [-0.25, -0.2) is 4.39 Å². The van der Waals surface area contributed by atoms with Gasteiger partial charge in [-0.15, -0.1) is 0 Å². The van der Waals surface area contributed by atoms with Crippen molar-refractivity contribution >= 4 is 5.91 Å². The van der Waals surface area contributed by atoms with Crippen LogP contribution >= 0.6 is 0 Å². The van der Waals surface area contributed by atoms with Crippen LogP contribution in [0.3, 0.4) is 0 Å². The average Bonchev–Trinajstić information content (AvgIpc) is 2.99. The van der Waals surface area contributed by atoms with Gasteiger partial charge in [0.25, 0.3) is 5.91 Å². The minimum absolute atomic E-state index is 0.243. The lowest BCUT2D eigenvalue weighted by atomic mass is 9.96. The molecule has 2 aromatic rings. The Morgan fingerprint density at radius 1 is 1.33 bits per heavy atom. The minimum Gasteiger partial charge on any atom is -0.393 e. The first kappa shape index (κ1) is 16.6. The molecular weight excluding hydrogens is 313 g/mol. The number of carbonyl (C=O) groups is 1. The molecule has 1 aliphatic heterocycles. The Labute approximate surface area is 138 Å². The third-order valence-electron chi connectivity index (χ3n) is 4.46. The van der Waals surface area contributed by atoms with E-state index in [0.717, 1.165) is 0 Å². The molecule has 0 aliphatic carbocycles. The van der Waals surface area contributed by atoms with Gasteiger partial charge in [-0.3, -0.25) is 9.89 Å². The number of aromatic amines is 1. The maximum absolute atomic E-state index is 13.8. The number of amides is 1. The fraction of sp³-hybridized carbons (Fsp3) is 0.412. The first-order valence-electron chi connectivity index (χ1n) is 7.95. The van der Waals surface area contributed by atoms with E-state index in [-0.39, 0.29) is 18.2 Å². The number of rotatable bonds is 3. The van der Waals surface area contributed by atoms with Gasteiger partial charge in [-0.2, -0.15) is 5.10 Å². The van der Waals surface area contributed by atoms with Gasteiger partial charge in [0.05, 0.1) is 17.9 Å². The molecule has 1 aromatic heterocycles. The van der Waals surface area contributed by atoms with Gasteiger partial charge >= 0.3 is 0 Å². The van der Waals surface area contributed by atoms with E-state index >= 15 is 0 Å². The van der Waals surface area contributed by atoms with Crippen LogP contribution in [0.4, 0.5) is 4.39 Å². The molecule has 1 fully saturated rings. The lowest BCUT2D eigenvalue weighted by Crippen LogP contribution is -2.36. The smallest absolute Gasteiger partial charge is 0.271 e. The van der Waals surface area contributed by atoms with Crippen LogP contribution in [-0.4, -0.2) is 56.5 Å². The Morgan fingerprint density at radius 3 is 2.88 bits per heavy atom. The zero-order valence-electron chi connectivity index (χ0n) is 13.2. The number of benzene rings is 1. The highest BCUT2D eigenvalue weighted by molar-refractivity contribution is 5.93. The van der Waals surface area contributed by atoms with E-state index in [4.69, 9.17) is 0 Å². The van der Waals surface area contributed by atoms with Crippen molar-refractivity contribution in [1.82, 2.24) is 15.1 Å². The number of aliphatic hydroxyl groups is 2. The van der Waals surface area contributed by atoms with Gasteiger partial charge in [0.2, 0.25) is 0 Å². The van der Waals surface area contributed by atoms with E-state index in [9.17, 15) is 19.4 Å². The molecule has 3 N–H and O–H groups in total. The monoisotopic (exact) mass is 333 g/mol. The SMILES string of the molecule is O=C(c1cc(-c2ccccc2F)n[nH]1)N1CCC[C@](O)(CO)CC1. The number of aliphatic hydroxyl groups excluding tert-OH is 1. The topological polar surface area (TPSA) is 89.5 Å². The van der Waals surface area contributed by atoms with Crippen molar-refractivity contribution in [3.63, 3.8) is 0 Å². The van der Waals surface area contributed by atoms with Crippen molar-refractivity contribution in [2.75, 3.05) is 19.7 Å². The van der Waals surface area contributed by atoms with Gasteiger partial charge in [0, 0.05) is 18.7 Å². The molecule has 1 aromatic carbocycles. The molecule has 0 saturated carbocycles. The summed E-state index contributed by atoms with van der Waals surface area (Å²) in [5, 5.41) is 26.1. The largest absolute Gasteiger partial charge is 0.393 e. The molecule has 1 saturated heterocycles. The van der Waals surface area contributed by atoms with Crippen LogP contribution in [0, 0.1) is 5.82 Å². The summed E-state index contributed by atoms with van der Waals surface area (Å²) in [6.07, 6.45) is 1.39. The number of hydrogen-bond donors (Lipinski definition) is 3. The fourth-order valence-corrected chi connectivity index (χ4v) is 2.95. The van der Waals surface area contributed by atoms with Crippen LogP contribution in [0.5, 0.6) is 0 Å². The van der Waals surface area contributed by atoms with Crippen LogP contribution < -0.4 is 0 Å². The molecule has 0 spiro atoms. The van der Waals surface area contributed by atoms with E-state index in [0.29, 0.717) is 43.6 Å². The average molecular weight is 333 g/mol. The van der Waals surface area contributed by atoms with Crippen molar-refractivity contribution in [1.29, 1.82) is 0 Å². The highest BCUT2D eigenvalue weighted by Gasteiger charge is 2.31. The quantitative estimate of drug-likeness (QED) is 0.795. The molecule has 1 amide bonds. The van der Waals surface area contributed by atoms with Crippen LogP contribution in [0.1, 0.15) is 29.8 Å². The highest BCUT2D eigenvalue weighted by atomic mass is 19.1. The summed E-state index contributed by atoms with van der Waals surface area (Å²) in [4.78, 5) is 14.2. The molecule has 128 valence electrons. The number of likely N-dealkylation sites (tertiary alicyclic amines) is 1. The third kappa shape index (κ3) is 3.32. The van der Waals surface area contributed by atoms with Crippen molar-refractivity contribution in [2.24, 2.45) is 0 Å². The second-order valence-electron chi connectivity index (χ2n) is 6.17. The summed E-state index contributed by atoms with van der Waals surface area (Å²) in [5.41, 5.74) is -0.138. The Kier molecular flexibility index (Phi) is 4.64. The molecule has 0 radical (unpaired) electrons. The molecule has 24 heavy (non-hydrogen) atoms. The van der Waals surface area contributed by atoms with Gasteiger partial charge in [-0.1, -0.05) is 12.1 Å². The zero-order chi connectivity index (χ0) is 17.2. The van der Waals surface area contributed by atoms with Crippen molar-refractivity contribution in [2.45, 2.75) is 24.9 Å². The molecule has 3 rings (SSSR count). The Bertz CT molecular complexity index is 733. The first-order chi connectivity index (χ1) is 11.5. The third-order valence-corrected chi connectivity index (χ3v) is 4.46. The number of carbonyl (C=O) groups excluding carboxylic acids is 1. The molecular formula is C17H20FN3O3. The molecule has 7 heteroatoms. The van der Waals surface area contributed by atoms with Crippen LogP contribution in [0.25, 0.3) is 11.3 Å². The van der Waals surface area contributed by atoms with Crippen molar-refractivity contribution in [3.05, 3.63) is 41.8 Å². The van der Waals surface area contributed by atoms with E-state index in [1.807, 2.05) is 0 Å². The molecule has 1 aliphatic rings. The summed E-state index contributed by atoms with van der Waals surface area (Å²) in [6.45, 7) is 0.537. The lowest BCUT2D eigenvalue weighted by Gasteiger charge is -2.24. The number of nitrogens with one attached hydrogen (secondary N) is 1. The van der Waals surface area contributed by atoms with Gasteiger partial charge in [0.1, 0.15) is 11.5 Å². The normalized spacial score (nSPS) is 21.5. The summed E-state index contributed by atoms with van der Waals surface area (Å²) in [5.74, 6) is -0.641. The summed E-state index contributed by atoms with van der Waals surface area (Å²) in [6, 6.07) is 7.78. The second-order valence-corrected chi connectivity index (χ2v) is 6.17. The van der Waals surface area contributed by atoms with Gasteiger partial charge < -0.3 is 15.1 Å². The number of hydrogen-bond acceptors (Lipinski definition) is 4. The number of aromatic nitrogens is 2. The Hall–Kier alpha value is -2.25. The summed E-state index contributed by atoms with van der Waals surface area (Å²) < 4.78 is 13.8. The molecule has 0 bridgehead atoms. The summed E-state index contributed by atoms with van der Waals surface area (Å²) >= 11 is 0. The molecule has 6 nitrogen and oxygen atoms in total. The molecule has 0 unspecified atom stereocenters. The standard InChI is InChI=1S/C17H20FN3O3/c18-13-5-2-1-4-12(13)14-10-15(20-19-14)16(23)21-8-3-6-17(24,11-22)7-9-21/h1-2,4-5,10,22,24H,3,6-9,11H2,(H,19,20)/t17-/m1/s1. The maximum atomic E-state index is 13.8. The fourth-order valence-electron chi connectivity index (χ4n) is 2.95. The highest BCUT2D eigenvalue weighted by Crippen LogP contribution is 2.24.